The van der Waals surface area contributed by atoms with E-state index in [1.807, 2.05) is 6.92 Å². The number of nitrogens with one attached hydrogen (secondary N) is 1. The summed E-state index contributed by atoms with van der Waals surface area (Å²) in [6, 6.07) is 0. The average molecular weight is 302 g/mol. The van der Waals surface area contributed by atoms with Crippen LogP contribution in [0.5, 0.6) is 0 Å². The van der Waals surface area contributed by atoms with E-state index in [4.69, 9.17) is 0 Å². The van der Waals surface area contributed by atoms with Gasteiger partial charge in [0.1, 0.15) is 0 Å². The van der Waals surface area contributed by atoms with Crippen LogP contribution in [0.1, 0.15) is 32.2 Å². The highest BCUT2D eigenvalue weighted by Crippen LogP contribution is 2.20. The van der Waals surface area contributed by atoms with Crippen LogP contribution in [0.15, 0.2) is 4.47 Å². The van der Waals surface area contributed by atoms with Crippen molar-refractivity contribution in [3.05, 3.63) is 15.9 Å². The van der Waals surface area contributed by atoms with Crippen LogP contribution in [-0.2, 0) is 6.54 Å². The summed E-state index contributed by atoms with van der Waals surface area (Å²) in [6.07, 6.45) is 0. The van der Waals surface area contributed by atoms with Crippen LogP contribution in [0.25, 0.3) is 0 Å². The van der Waals surface area contributed by atoms with E-state index in [0.717, 1.165) is 29.8 Å². The van der Waals surface area contributed by atoms with Gasteiger partial charge < -0.3 is 5.32 Å². The van der Waals surface area contributed by atoms with E-state index in [1.165, 1.54) is 5.69 Å². The first kappa shape index (κ1) is 14.7. The molecule has 0 aromatic carbocycles. The summed E-state index contributed by atoms with van der Waals surface area (Å²) in [5.41, 5.74) is 2.29. The molecule has 0 saturated carbocycles. The van der Waals surface area contributed by atoms with Gasteiger partial charge in [0, 0.05) is 12.2 Å². The molecule has 0 saturated heterocycles. The van der Waals surface area contributed by atoms with Crippen molar-refractivity contribution in [2.24, 2.45) is 11.8 Å². The average Bonchev–Trinajstić information content (AvgIpc) is 2.46. The van der Waals surface area contributed by atoms with Gasteiger partial charge in [-0.25, -0.2) is 0 Å². The van der Waals surface area contributed by atoms with E-state index < -0.39 is 0 Å². The number of rotatable bonds is 6. The zero-order valence-electron chi connectivity index (χ0n) is 11.5. The number of halogens is 1. The van der Waals surface area contributed by atoms with Crippen molar-refractivity contribution in [2.75, 3.05) is 13.1 Å². The molecule has 1 aromatic rings. The van der Waals surface area contributed by atoms with Crippen LogP contribution >= 0.6 is 15.9 Å². The van der Waals surface area contributed by atoms with E-state index >= 15 is 0 Å². The molecule has 1 heterocycles. The third kappa shape index (κ3) is 4.43. The van der Waals surface area contributed by atoms with Gasteiger partial charge in [-0.15, -0.1) is 0 Å². The Morgan fingerprint density at radius 1 is 1.24 bits per heavy atom. The molecule has 3 nitrogen and oxygen atoms in total. The number of aromatic nitrogens is 2. The first-order valence-electron chi connectivity index (χ1n) is 6.32. The molecule has 1 aromatic heterocycles. The molecule has 1 atom stereocenters. The van der Waals surface area contributed by atoms with Crippen molar-refractivity contribution >= 4 is 15.9 Å². The van der Waals surface area contributed by atoms with E-state index in [1.54, 1.807) is 0 Å². The number of nitrogens with zero attached hydrogens (tertiary/aromatic N) is 2. The van der Waals surface area contributed by atoms with E-state index in [9.17, 15) is 0 Å². The monoisotopic (exact) mass is 301 g/mol. The zero-order chi connectivity index (χ0) is 13.0. The molecule has 0 aliphatic rings. The van der Waals surface area contributed by atoms with Gasteiger partial charge in [-0.1, -0.05) is 20.8 Å². The molecule has 98 valence electrons. The second-order valence-corrected chi connectivity index (χ2v) is 6.12. The Morgan fingerprint density at radius 2 is 1.88 bits per heavy atom. The fraction of sp³-hybridized carbons (Fsp3) is 0.769. The van der Waals surface area contributed by atoms with Crippen molar-refractivity contribution in [2.45, 2.75) is 41.2 Å². The predicted molar refractivity (Wildman–Crippen MR) is 76.3 cm³/mol. The van der Waals surface area contributed by atoms with E-state index in [0.29, 0.717) is 11.8 Å². The highest BCUT2D eigenvalue weighted by Gasteiger charge is 2.11. The second-order valence-electron chi connectivity index (χ2n) is 5.32. The maximum atomic E-state index is 4.53. The molecule has 1 unspecified atom stereocenters. The van der Waals surface area contributed by atoms with Gasteiger partial charge in [0.2, 0.25) is 0 Å². The van der Waals surface area contributed by atoms with Gasteiger partial charge in [-0.05, 0) is 54.7 Å². The molecule has 0 bridgehead atoms. The van der Waals surface area contributed by atoms with Gasteiger partial charge >= 0.3 is 0 Å². The summed E-state index contributed by atoms with van der Waals surface area (Å²) in [5.74, 6) is 1.31. The standard InChI is InChI=1S/C13H24BrN3/c1-9(2)6-15-7-10(3)8-17-12(5)13(14)11(4)16-17/h9-10,15H,6-8H2,1-5H3. The Balaban J connectivity index is 2.45. The summed E-state index contributed by atoms with van der Waals surface area (Å²) < 4.78 is 3.24. The molecule has 0 aliphatic carbocycles. The molecule has 4 heteroatoms. The van der Waals surface area contributed by atoms with Crippen LogP contribution in [0, 0.1) is 25.7 Å². The molecule has 0 radical (unpaired) electrons. The Hall–Kier alpha value is -0.350. The van der Waals surface area contributed by atoms with Gasteiger partial charge in [0.25, 0.3) is 0 Å². The van der Waals surface area contributed by atoms with Crippen molar-refractivity contribution in [3.63, 3.8) is 0 Å². The van der Waals surface area contributed by atoms with Crippen LogP contribution < -0.4 is 5.32 Å². The maximum absolute atomic E-state index is 4.53. The number of hydrogen-bond acceptors (Lipinski definition) is 2. The summed E-state index contributed by atoms with van der Waals surface area (Å²) in [7, 11) is 0. The predicted octanol–water partition coefficient (Wildman–Crippen LogP) is 3.14. The first-order valence-corrected chi connectivity index (χ1v) is 7.11. The van der Waals surface area contributed by atoms with Gasteiger partial charge in [-0.2, -0.15) is 5.10 Å². The smallest absolute Gasteiger partial charge is 0.0738 e. The molecular weight excluding hydrogens is 278 g/mol. The fourth-order valence-corrected chi connectivity index (χ4v) is 2.11. The topological polar surface area (TPSA) is 29.9 Å². The Labute approximate surface area is 113 Å². The highest BCUT2D eigenvalue weighted by atomic mass is 79.9. The third-order valence-corrected chi connectivity index (χ3v) is 3.97. The Bertz CT molecular complexity index is 358. The van der Waals surface area contributed by atoms with Crippen LogP contribution in [-0.4, -0.2) is 22.9 Å². The lowest BCUT2D eigenvalue weighted by molar-refractivity contribution is 0.404. The van der Waals surface area contributed by atoms with Crippen LogP contribution in [0.4, 0.5) is 0 Å². The molecule has 0 aliphatic heterocycles. The Kier molecular flexibility index (Phi) is 5.67. The van der Waals surface area contributed by atoms with Crippen LogP contribution in [0.3, 0.4) is 0 Å². The molecule has 1 N–H and O–H groups in total. The molecule has 1 rings (SSSR count). The summed E-state index contributed by atoms with van der Waals surface area (Å²) in [4.78, 5) is 0. The third-order valence-electron chi connectivity index (χ3n) is 2.82. The summed E-state index contributed by atoms with van der Waals surface area (Å²) in [6.45, 7) is 14.0. The molecule has 0 fully saturated rings. The number of hydrogen-bond donors (Lipinski definition) is 1. The fourth-order valence-electron chi connectivity index (χ4n) is 1.83. The lowest BCUT2D eigenvalue weighted by Gasteiger charge is -2.15. The van der Waals surface area contributed by atoms with Gasteiger partial charge in [0.05, 0.1) is 10.2 Å². The largest absolute Gasteiger partial charge is 0.316 e. The van der Waals surface area contributed by atoms with Crippen molar-refractivity contribution in [3.8, 4) is 0 Å². The molecule has 17 heavy (non-hydrogen) atoms. The van der Waals surface area contributed by atoms with Crippen LogP contribution in [0.2, 0.25) is 0 Å². The summed E-state index contributed by atoms with van der Waals surface area (Å²) >= 11 is 3.56. The minimum absolute atomic E-state index is 0.596. The Morgan fingerprint density at radius 3 is 2.35 bits per heavy atom. The minimum Gasteiger partial charge on any atom is -0.316 e. The SMILES string of the molecule is Cc1nn(CC(C)CNCC(C)C)c(C)c1Br. The van der Waals surface area contributed by atoms with Gasteiger partial charge in [-0.3, -0.25) is 4.68 Å². The van der Waals surface area contributed by atoms with Gasteiger partial charge in [0.15, 0.2) is 0 Å². The highest BCUT2D eigenvalue weighted by molar-refractivity contribution is 9.10. The van der Waals surface area contributed by atoms with E-state index in [2.05, 4.69) is 58.7 Å². The lowest BCUT2D eigenvalue weighted by Crippen LogP contribution is -2.27. The van der Waals surface area contributed by atoms with Crippen molar-refractivity contribution in [1.29, 1.82) is 0 Å². The molecule has 0 spiro atoms. The van der Waals surface area contributed by atoms with Crippen molar-refractivity contribution < 1.29 is 0 Å². The van der Waals surface area contributed by atoms with E-state index in [-0.39, 0.29) is 0 Å². The molecule has 0 amide bonds. The second kappa shape index (κ2) is 6.55. The summed E-state index contributed by atoms with van der Waals surface area (Å²) in [5, 5.41) is 8.03. The minimum atomic E-state index is 0.596. The number of aryl methyl sites for hydroxylation is 1. The molecular formula is C13H24BrN3. The van der Waals surface area contributed by atoms with Crippen molar-refractivity contribution in [1.82, 2.24) is 15.1 Å². The normalized spacial score (nSPS) is 13.4. The quantitative estimate of drug-likeness (QED) is 0.875. The zero-order valence-corrected chi connectivity index (χ0v) is 13.1. The lowest BCUT2D eigenvalue weighted by atomic mass is 10.1. The maximum Gasteiger partial charge on any atom is 0.0738 e. The first-order chi connectivity index (χ1) is 7.91.